The summed E-state index contributed by atoms with van der Waals surface area (Å²) in [5.41, 5.74) is 3.98. The number of thioether (sulfide) groups is 1. The van der Waals surface area contributed by atoms with Crippen molar-refractivity contribution in [1.29, 1.82) is 0 Å². The van der Waals surface area contributed by atoms with Gasteiger partial charge >= 0.3 is 0 Å². The third-order valence-corrected chi connectivity index (χ3v) is 4.15. The molecule has 2 N–H and O–H groups in total. The Morgan fingerprint density at radius 3 is 2.33 bits per heavy atom. The number of hydrogen-bond donors (Lipinski definition) is 2. The lowest BCUT2D eigenvalue weighted by Gasteiger charge is -2.20. The Labute approximate surface area is 115 Å². The van der Waals surface area contributed by atoms with Crippen LogP contribution in [0.2, 0.25) is 0 Å². The third kappa shape index (κ3) is 5.01. The summed E-state index contributed by atoms with van der Waals surface area (Å²) in [6.45, 7) is 9.69. The van der Waals surface area contributed by atoms with Gasteiger partial charge in [-0.15, -0.1) is 0 Å². The molecule has 0 aliphatic carbocycles. The van der Waals surface area contributed by atoms with Crippen molar-refractivity contribution in [3.8, 4) is 0 Å². The molecule has 0 spiro atoms. The average Bonchev–Trinajstić information content (AvgIpc) is 2.32. The fraction of sp³-hybridized carbons (Fsp3) is 0.600. The lowest BCUT2D eigenvalue weighted by atomic mass is 10.0. The Morgan fingerprint density at radius 2 is 1.83 bits per heavy atom. The van der Waals surface area contributed by atoms with Gasteiger partial charge < -0.3 is 10.4 Å². The van der Waals surface area contributed by atoms with Gasteiger partial charge in [0.1, 0.15) is 0 Å². The molecule has 0 radical (unpaired) electrons. The van der Waals surface area contributed by atoms with E-state index in [4.69, 9.17) is 5.11 Å². The Hall–Kier alpha value is -0.510. The summed E-state index contributed by atoms with van der Waals surface area (Å²) in [5, 5.41) is 12.9. The molecule has 1 aromatic rings. The van der Waals surface area contributed by atoms with E-state index in [1.54, 1.807) is 0 Å². The molecule has 18 heavy (non-hydrogen) atoms. The highest BCUT2D eigenvalue weighted by Gasteiger charge is 2.13. The molecule has 2 nitrogen and oxygen atoms in total. The van der Waals surface area contributed by atoms with Crippen LogP contribution in [0, 0.1) is 13.8 Å². The van der Waals surface area contributed by atoms with Crippen LogP contribution in [0.4, 0.5) is 0 Å². The van der Waals surface area contributed by atoms with Crippen LogP contribution in [0.15, 0.2) is 18.2 Å². The topological polar surface area (TPSA) is 32.3 Å². The Kier molecular flexibility index (Phi) is 6.76. The van der Waals surface area contributed by atoms with Crippen LogP contribution in [0.1, 0.15) is 36.6 Å². The van der Waals surface area contributed by atoms with Gasteiger partial charge in [-0.2, -0.15) is 11.8 Å². The summed E-state index contributed by atoms with van der Waals surface area (Å²) in [7, 11) is 0. The number of hydrogen-bond acceptors (Lipinski definition) is 3. The molecule has 0 fully saturated rings. The molecular weight excluding hydrogens is 242 g/mol. The second-order valence-corrected chi connectivity index (χ2v) is 6.33. The molecule has 1 aromatic carbocycles. The molecule has 0 bridgehead atoms. The molecule has 0 aliphatic heterocycles. The summed E-state index contributed by atoms with van der Waals surface area (Å²) >= 11 is 1.82. The predicted octanol–water partition coefficient (Wildman–Crippen LogP) is 3.07. The maximum atomic E-state index is 9.10. The molecule has 0 aliphatic rings. The number of aliphatic hydroxyl groups is 1. The van der Waals surface area contributed by atoms with E-state index < -0.39 is 0 Å². The van der Waals surface area contributed by atoms with Crippen molar-refractivity contribution in [2.75, 3.05) is 18.9 Å². The standard InChI is InChI=1S/C15H25NOS/c1-5-16-15(10-18-13(4)9-17)14-7-11(2)6-12(3)8-14/h6-8,13,15-17H,5,9-10H2,1-4H3. The first-order valence-corrected chi connectivity index (χ1v) is 7.65. The first-order chi connectivity index (χ1) is 8.56. The van der Waals surface area contributed by atoms with Crippen molar-refractivity contribution in [3.05, 3.63) is 34.9 Å². The molecule has 0 saturated carbocycles. The maximum absolute atomic E-state index is 9.10. The van der Waals surface area contributed by atoms with E-state index in [0.717, 1.165) is 12.3 Å². The SMILES string of the molecule is CCNC(CSC(C)CO)c1cc(C)cc(C)c1. The van der Waals surface area contributed by atoms with Crippen molar-refractivity contribution >= 4 is 11.8 Å². The highest BCUT2D eigenvalue weighted by atomic mass is 32.2. The number of aryl methyl sites for hydroxylation is 2. The quantitative estimate of drug-likeness (QED) is 0.796. The van der Waals surface area contributed by atoms with Crippen LogP contribution in [-0.2, 0) is 0 Å². The van der Waals surface area contributed by atoms with E-state index >= 15 is 0 Å². The van der Waals surface area contributed by atoms with Crippen LogP contribution in [-0.4, -0.2) is 29.3 Å². The summed E-state index contributed by atoms with van der Waals surface area (Å²) < 4.78 is 0. The number of benzene rings is 1. The molecule has 0 saturated heterocycles. The first-order valence-electron chi connectivity index (χ1n) is 6.60. The van der Waals surface area contributed by atoms with Crippen LogP contribution in [0.25, 0.3) is 0 Å². The monoisotopic (exact) mass is 267 g/mol. The zero-order valence-corrected chi connectivity index (χ0v) is 12.7. The molecule has 102 valence electrons. The van der Waals surface area contributed by atoms with Crippen LogP contribution in [0.5, 0.6) is 0 Å². The third-order valence-electron chi connectivity index (χ3n) is 2.90. The minimum atomic E-state index is 0.246. The molecule has 2 atom stereocenters. The fourth-order valence-corrected chi connectivity index (χ4v) is 2.98. The van der Waals surface area contributed by atoms with Crippen LogP contribution >= 0.6 is 11.8 Å². The van der Waals surface area contributed by atoms with Gasteiger partial charge in [-0.05, 0) is 26.0 Å². The molecule has 1 rings (SSSR count). The van der Waals surface area contributed by atoms with Crippen molar-refractivity contribution in [1.82, 2.24) is 5.32 Å². The van der Waals surface area contributed by atoms with E-state index in [2.05, 4.69) is 51.2 Å². The van der Waals surface area contributed by atoms with Crippen LogP contribution < -0.4 is 5.32 Å². The Balaban J connectivity index is 2.76. The minimum absolute atomic E-state index is 0.246. The second kappa shape index (κ2) is 7.82. The molecule has 2 unspecified atom stereocenters. The van der Waals surface area contributed by atoms with Gasteiger partial charge in [0.2, 0.25) is 0 Å². The van der Waals surface area contributed by atoms with E-state index in [9.17, 15) is 0 Å². The van der Waals surface area contributed by atoms with E-state index in [-0.39, 0.29) is 6.61 Å². The van der Waals surface area contributed by atoms with Gasteiger partial charge in [0.15, 0.2) is 0 Å². The van der Waals surface area contributed by atoms with E-state index in [1.807, 2.05) is 11.8 Å². The van der Waals surface area contributed by atoms with Gasteiger partial charge in [0.25, 0.3) is 0 Å². The molecule has 0 aromatic heterocycles. The van der Waals surface area contributed by atoms with Gasteiger partial charge in [-0.3, -0.25) is 0 Å². The predicted molar refractivity (Wildman–Crippen MR) is 81.3 cm³/mol. The van der Waals surface area contributed by atoms with Crippen molar-refractivity contribution < 1.29 is 5.11 Å². The Bertz CT molecular complexity index is 347. The fourth-order valence-electron chi connectivity index (χ4n) is 2.04. The zero-order chi connectivity index (χ0) is 13.5. The van der Waals surface area contributed by atoms with E-state index in [1.165, 1.54) is 16.7 Å². The van der Waals surface area contributed by atoms with Gasteiger partial charge in [-0.1, -0.05) is 43.2 Å². The van der Waals surface area contributed by atoms with E-state index in [0.29, 0.717) is 11.3 Å². The smallest absolute Gasteiger partial charge is 0.0547 e. The normalized spacial score (nSPS) is 14.5. The van der Waals surface area contributed by atoms with Crippen LogP contribution in [0.3, 0.4) is 0 Å². The average molecular weight is 267 g/mol. The highest BCUT2D eigenvalue weighted by molar-refractivity contribution is 7.99. The van der Waals surface area contributed by atoms with Crippen molar-refractivity contribution in [2.45, 2.75) is 39.0 Å². The Morgan fingerprint density at radius 1 is 1.22 bits per heavy atom. The van der Waals surface area contributed by atoms with Crippen molar-refractivity contribution in [3.63, 3.8) is 0 Å². The molecule has 3 heteroatoms. The lowest BCUT2D eigenvalue weighted by Crippen LogP contribution is -2.24. The molecular formula is C15H25NOS. The minimum Gasteiger partial charge on any atom is -0.395 e. The summed E-state index contributed by atoms with van der Waals surface area (Å²) in [4.78, 5) is 0. The lowest BCUT2D eigenvalue weighted by molar-refractivity contribution is 0.300. The summed E-state index contributed by atoms with van der Waals surface area (Å²) in [6.07, 6.45) is 0. The van der Waals surface area contributed by atoms with Gasteiger partial charge in [-0.25, -0.2) is 0 Å². The largest absolute Gasteiger partial charge is 0.395 e. The summed E-state index contributed by atoms with van der Waals surface area (Å²) in [5.74, 6) is 0.998. The first kappa shape index (κ1) is 15.5. The van der Waals surface area contributed by atoms with Gasteiger partial charge in [0.05, 0.1) is 6.61 Å². The van der Waals surface area contributed by atoms with Gasteiger partial charge in [0, 0.05) is 17.0 Å². The van der Waals surface area contributed by atoms with Crippen molar-refractivity contribution in [2.24, 2.45) is 0 Å². The number of nitrogens with one attached hydrogen (secondary N) is 1. The molecule has 0 amide bonds. The highest BCUT2D eigenvalue weighted by Crippen LogP contribution is 2.23. The zero-order valence-electron chi connectivity index (χ0n) is 11.9. The molecule has 0 heterocycles. The number of rotatable bonds is 7. The maximum Gasteiger partial charge on any atom is 0.0547 e. The number of aliphatic hydroxyl groups excluding tert-OH is 1. The summed E-state index contributed by atoms with van der Waals surface area (Å²) in [6, 6.07) is 7.08. The second-order valence-electron chi connectivity index (χ2n) is 4.86.